The first-order valence-corrected chi connectivity index (χ1v) is 7.11. The average molecular weight is 323 g/mol. The van der Waals surface area contributed by atoms with Crippen LogP contribution in [-0.2, 0) is 0 Å². The fraction of sp³-hybridized carbons (Fsp3) is 0.0556. The van der Waals surface area contributed by atoms with E-state index in [-0.39, 0.29) is 11.3 Å². The third-order valence-corrected chi connectivity index (χ3v) is 3.54. The highest BCUT2D eigenvalue weighted by molar-refractivity contribution is 5.92. The van der Waals surface area contributed by atoms with Gasteiger partial charge in [0.2, 0.25) is 0 Å². The van der Waals surface area contributed by atoms with Crippen LogP contribution in [0.5, 0.6) is 11.5 Å². The van der Waals surface area contributed by atoms with E-state index in [2.05, 4.69) is 0 Å². The summed E-state index contributed by atoms with van der Waals surface area (Å²) in [7, 11) is 1.58. The number of nitrogens with zero attached hydrogens (tertiary/aromatic N) is 1. The summed E-state index contributed by atoms with van der Waals surface area (Å²) >= 11 is 0. The maximum absolute atomic E-state index is 12.1. The molecule has 0 aliphatic rings. The largest absolute Gasteiger partial charge is 0.497 e. The first kappa shape index (κ1) is 15.5. The van der Waals surface area contributed by atoms with Gasteiger partial charge < -0.3 is 9.47 Å². The van der Waals surface area contributed by atoms with Gasteiger partial charge in [-0.05, 0) is 47.2 Å². The van der Waals surface area contributed by atoms with Crippen molar-refractivity contribution in [2.75, 3.05) is 7.11 Å². The van der Waals surface area contributed by atoms with Crippen molar-refractivity contribution < 1.29 is 19.2 Å². The molecule has 0 radical (unpaired) electrons. The van der Waals surface area contributed by atoms with Crippen LogP contribution >= 0.6 is 0 Å². The number of benzene rings is 3. The molecular formula is C18H13NO5. The molecule has 0 unspecified atom stereocenters. The molecule has 0 amide bonds. The SMILES string of the molecule is COc1ccc2ccc(OC(=O)c3ccc([N+](=O)[O-])cc3)cc2c1. The third-order valence-electron chi connectivity index (χ3n) is 3.54. The smallest absolute Gasteiger partial charge is 0.343 e. The van der Waals surface area contributed by atoms with E-state index in [1.807, 2.05) is 24.3 Å². The molecule has 0 fully saturated rings. The van der Waals surface area contributed by atoms with Gasteiger partial charge in [0.05, 0.1) is 17.6 Å². The lowest BCUT2D eigenvalue weighted by Crippen LogP contribution is -2.08. The van der Waals surface area contributed by atoms with E-state index >= 15 is 0 Å². The molecule has 0 N–H and O–H groups in total. The van der Waals surface area contributed by atoms with Crippen LogP contribution in [0, 0.1) is 10.1 Å². The van der Waals surface area contributed by atoms with Crippen molar-refractivity contribution in [2.24, 2.45) is 0 Å². The van der Waals surface area contributed by atoms with Gasteiger partial charge in [-0.15, -0.1) is 0 Å². The standard InChI is InChI=1S/C18H13NO5/c1-23-16-8-4-12-5-9-17(11-14(12)10-16)24-18(20)13-2-6-15(7-3-13)19(21)22/h2-11H,1H3. The quantitative estimate of drug-likeness (QED) is 0.314. The Bertz CT molecular complexity index is 918. The Balaban J connectivity index is 1.83. The zero-order chi connectivity index (χ0) is 17.1. The van der Waals surface area contributed by atoms with Crippen LogP contribution < -0.4 is 9.47 Å². The Hall–Kier alpha value is -3.41. The molecular weight excluding hydrogens is 310 g/mol. The van der Waals surface area contributed by atoms with Crippen molar-refractivity contribution in [3.63, 3.8) is 0 Å². The molecule has 0 aliphatic carbocycles. The number of ether oxygens (including phenoxy) is 2. The molecule has 6 nitrogen and oxygen atoms in total. The minimum atomic E-state index is -0.577. The first-order valence-electron chi connectivity index (χ1n) is 7.11. The van der Waals surface area contributed by atoms with Crippen LogP contribution in [0.1, 0.15) is 10.4 Å². The van der Waals surface area contributed by atoms with Gasteiger partial charge >= 0.3 is 5.97 Å². The molecule has 3 aromatic rings. The topological polar surface area (TPSA) is 78.7 Å². The second kappa shape index (κ2) is 6.37. The molecule has 6 heteroatoms. The van der Waals surface area contributed by atoms with Gasteiger partial charge in [-0.2, -0.15) is 0 Å². The van der Waals surface area contributed by atoms with Gasteiger partial charge in [0, 0.05) is 12.1 Å². The van der Waals surface area contributed by atoms with Crippen LogP contribution in [0.3, 0.4) is 0 Å². The van der Waals surface area contributed by atoms with Gasteiger partial charge in [0.25, 0.3) is 5.69 Å². The summed E-state index contributed by atoms with van der Waals surface area (Å²) in [5.41, 5.74) is 0.163. The number of hydrogen-bond acceptors (Lipinski definition) is 5. The van der Waals surface area contributed by atoms with Crippen molar-refractivity contribution in [3.05, 3.63) is 76.3 Å². The van der Waals surface area contributed by atoms with Crippen molar-refractivity contribution >= 4 is 22.4 Å². The van der Waals surface area contributed by atoms with E-state index in [4.69, 9.17) is 9.47 Å². The highest BCUT2D eigenvalue weighted by atomic mass is 16.6. The molecule has 0 spiro atoms. The highest BCUT2D eigenvalue weighted by Gasteiger charge is 2.12. The van der Waals surface area contributed by atoms with E-state index in [1.54, 1.807) is 19.2 Å². The highest BCUT2D eigenvalue weighted by Crippen LogP contribution is 2.25. The molecule has 3 rings (SSSR count). The van der Waals surface area contributed by atoms with E-state index in [1.165, 1.54) is 24.3 Å². The van der Waals surface area contributed by atoms with Crippen LogP contribution in [0.25, 0.3) is 10.8 Å². The Labute approximate surface area is 137 Å². The van der Waals surface area contributed by atoms with Gasteiger partial charge in [-0.3, -0.25) is 10.1 Å². The fourth-order valence-electron chi connectivity index (χ4n) is 2.28. The first-order chi connectivity index (χ1) is 11.6. The summed E-state index contributed by atoms with van der Waals surface area (Å²) in [6.07, 6.45) is 0. The fourth-order valence-corrected chi connectivity index (χ4v) is 2.28. The number of fused-ring (bicyclic) bond motifs is 1. The minimum absolute atomic E-state index is 0.0793. The molecule has 0 aromatic heterocycles. The summed E-state index contributed by atoms with van der Waals surface area (Å²) in [6.45, 7) is 0. The maximum atomic E-state index is 12.1. The number of rotatable bonds is 4. The molecule has 3 aromatic carbocycles. The zero-order valence-corrected chi connectivity index (χ0v) is 12.8. The molecule has 0 atom stereocenters. The lowest BCUT2D eigenvalue weighted by Gasteiger charge is -2.07. The second-order valence-electron chi connectivity index (χ2n) is 5.07. The van der Waals surface area contributed by atoms with Crippen molar-refractivity contribution in [3.8, 4) is 11.5 Å². The summed E-state index contributed by atoms with van der Waals surface area (Å²) < 4.78 is 10.5. The van der Waals surface area contributed by atoms with Crippen molar-refractivity contribution in [1.82, 2.24) is 0 Å². The van der Waals surface area contributed by atoms with Crippen LogP contribution in [0.2, 0.25) is 0 Å². The number of hydrogen-bond donors (Lipinski definition) is 0. The Morgan fingerprint density at radius 1 is 0.917 bits per heavy atom. The molecule has 0 heterocycles. The number of nitro benzene ring substituents is 1. The predicted molar refractivity (Wildman–Crippen MR) is 88.6 cm³/mol. The summed E-state index contributed by atoms with van der Waals surface area (Å²) in [4.78, 5) is 22.2. The summed E-state index contributed by atoms with van der Waals surface area (Å²) in [5.74, 6) is 0.521. The van der Waals surface area contributed by atoms with Gasteiger partial charge in [-0.1, -0.05) is 12.1 Å². The predicted octanol–water partition coefficient (Wildman–Crippen LogP) is 3.98. The normalized spacial score (nSPS) is 10.4. The molecule has 0 saturated carbocycles. The van der Waals surface area contributed by atoms with Crippen molar-refractivity contribution in [2.45, 2.75) is 0 Å². The molecule has 0 bridgehead atoms. The molecule has 24 heavy (non-hydrogen) atoms. The number of non-ortho nitro benzene ring substituents is 1. The molecule has 120 valence electrons. The number of carbonyl (C=O) groups excluding carboxylic acids is 1. The van der Waals surface area contributed by atoms with Crippen molar-refractivity contribution in [1.29, 1.82) is 0 Å². The van der Waals surface area contributed by atoms with Gasteiger partial charge in [-0.25, -0.2) is 4.79 Å². The number of esters is 1. The van der Waals surface area contributed by atoms with E-state index in [0.717, 1.165) is 10.8 Å². The maximum Gasteiger partial charge on any atom is 0.343 e. The number of methoxy groups -OCH3 is 1. The van der Waals surface area contributed by atoms with Crippen LogP contribution in [0.15, 0.2) is 60.7 Å². The van der Waals surface area contributed by atoms with Gasteiger partial charge in [0.1, 0.15) is 11.5 Å². The Morgan fingerprint density at radius 2 is 1.54 bits per heavy atom. The third kappa shape index (κ3) is 3.17. The zero-order valence-electron chi connectivity index (χ0n) is 12.8. The summed E-state index contributed by atoms with van der Waals surface area (Å²) in [5, 5.41) is 12.5. The van der Waals surface area contributed by atoms with E-state index in [0.29, 0.717) is 11.5 Å². The Kier molecular flexibility index (Phi) is 4.11. The number of nitro groups is 1. The summed E-state index contributed by atoms with van der Waals surface area (Å²) in [6, 6.07) is 16.1. The minimum Gasteiger partial charge on any atom is -0.497 e. The van der Waals surface area contributed by atoms with E-state index in [9.17, 15) is 14.9 Å². The molecule has 0 saturated heterocycles. The number of carbonyl (C=O) groups is 1. The monoisotopic (exact) mass is 323 g/mol. The van der Waals surface area contributed by atoms with E-state index < -0.39 is 10.9 Å². The van der Waals surface area contributed by atoms with Gasteiger partial charge in [0.15, 0.2) is 0 Å². The lowest BCUT2D eigenvalue weighted by atomic mass is 10.1. The second-order valence-corrected chi connectivity index (χ2v) is 5.07. The van der Waals surface area contributed by atoms with Crippen LogP contribution in [0.4, 0.5) is 5.69 Å². The lowest BCUT2D eigenvalue weighted by molar-refractivity contribution is -0.384. The molecule has 0 aliphatic heterocycles. The average Bonchev–Trinajstić information content (AvgIpc) is 2.61. The van der Waals surface area contributed by atoms with Crippen LogP contribution in [-0.4, -0.2) is 18.0 Å². The Morgan fingerprint density at radius 3 is 2.17 bits per heavy atom.